The highest BCUT2D eigenvalue weighted by atomic mass is 16.5. The predicted molar refractivity (Wildman–Crippen MR) is 102 cm³/mol. The Kier molecular flexibility index (Phi) is 4.63. The number of likely N-dealkylation sites (tertiary alicyclic amines) is 1. The summed E-state index contributed by atoms with van der Waals surface area (Å²) < 4.78 is 5.89. The number of aryl methyl sites for hydroxylation is 1. The monoisotopic (exact) mass is 343 g/mol. The van der Waals surface area contributed by atoms with Crippen molar-refractivity contribution in [2.24, 2.45) is 10.8 Å². The Morgan fingerprint density at radius 1 is 1.24 bits per heavy atom. The van der Waals surface area contributed by atoms with E-state index in [1.807, 2.05) is 6.07 Å². The first-order valence-corrected chi connectivity index (χ1v) is 9.61. The Bertz CT molecular complexity index is 664. The van der Waals surface area contributed by atoms with Crippen molar-refractivity contribution in [3.05, 3.63) is 29.3 Å². The van der Waals surface area contributed by atoms with E-state index in [1.54, 1.807) is 0 Å². The Balaban J connectivity index is 1.66. The second kappa shape index (κ2) is 6.34. The fourth-order valence-electron chi connectivity index (χ4n) is 5.17. The zero-order valence-electron chi connectivity index (χ0n) is 16.7. The second-order valence-electron chi connectivity index (χ2n) is 9.76. The van der Waals surface area contributed by atoms with Gasteiger partial charge in [0.1, 0.15) is 5.75 Å². The molecule has 2 aliphatic rings. The van der Waals surface area contributed by atoms with Gasteiger partial charge in [-0.2, -0.15) is 0 Å². The molecule has 1 aromatic rings. The average molecular weight is 344 g/mol. The molecular weight excluding hydrogens is 310 g/mol. The van der Waals surface area contributed by atoms with Gasteiger partial charge in [0.05, 0.1) is 0 Å². The summed E-state index contributed by atoms with van der Waals surface area (Å²) in [5.74, 6) is 1.41. The second-order valence-corrected chi connectivity index (χ2v) is 9.76. The van der Waals surface area contributed by atoms with Crippen molar-refractivity contribution in [3.8, 4) is 5.75 Å². The topological polar surface area (TPSA) is 29.5 Å². The zero-order chi connectivity index (χ0) is 18.4. The molecule has 3 nitrogen and oxygen atoms in total. The quantitative estimate of drug-likeness (QED) is 0.776. The highest BCUT2D eigenvalue weighted by Crippen LogP contribution is 2.52. The first kappa shape index (κ1) is 18.3. The molecule has 2 fully saturated rings. The van der Waals surface area contributed by atoms with Crippen LogP contribution in [-0.4, -0.2) is 30.0 Å². The maximum Gasteiger partial charge on any atom is 0.260 e. The molecule has 0 radical (unpaired) electrons. The molecule has 1 aliphatic carbocycles. The number of hydrogen-bond donors (Lipinski definition) is 0. The largest absolute Gasteiger partial charge is 0.484 e. The van der Waals surface area contributed by atoms with Crippen molar-refractivity contribution >= 4 is 5.91 Å². The van der Waals surface area contributed by atoms with Crippen molar-refractivity contribution in [1.82, 2.24) is 4.90 Å². The summed E-state index contributed by atoms with van der Waals surface area (Å²) in [4.78, 5) is 14.9. The summed E-state index contributed by atoms with van der Waals surface area (Å²) in [5, 5.41) is 0. The van der Waals surface area contributed by atoms with Crippen LogP contribution in [0.25, 0.3) is 0 Å². The molecule has 1 heterocycles. The summed E-state index contributed by atoms with van der Waals surface area (Å²) in [7, 11) is 0. The molecule has 1 aliphatic heterocycles. The van der Waals surface area contributed by atoms with Crippen LogP contribution in [-0.2, 0) is 4.79 Å². The van der Waals surface area contributed by atoms with Gasteiger partial charge in [-0.05, 0) is 66.2 Å². The van der Waals surface area contributed by atoms with Gasteiger partial charge < -0.3 is 9.64 Å². The van der Waals surface area contributed by atoms with Crippen LogP contribution in [0.5, 0.6) is 5.75 Å². The van der Waals surface area contributed by atoms with Crippen LogP contribution in [0, 0.1) is 17.8 Å². The molecule has 3 heteroatoms. The fourth-order valence-corrected chi connectivity index (χ4v) is 5.17. The number of benzene rings is 1. The minimum Gasteiger partial charge on any atom is -0.484 e. The summed E-state index contributed by atoms with van der Waals surface area (Å²) in [6.07, 6.45) is 3.46. The molecule has 0 unspecified atom stereocenters. The lowest BCUT2D eigenvalue weighted by atomic mass is 9.65. The molecular formula is C22H33NO2. The van der Waals surface area contributed by atoms with Gasteiger partial charge >= 0.3 is 0 Å². The van der Waals surface area contributed by atoms with E-state index >= 15 is 0 Å². The molecule has 0 spiro atoms. The number of amides is 1. The predicted octanol–water partition coefficient (Wildman–Crippen LogP) is 4.92. The lowest BCUT2D eigenvalue weighted by Gasteiger charge is -2.39. The van der Waals surface area contributed by atoms with Crippen LogP contribution in [0.15, 0.2) is 18.2 Å². The maximum absolute atomic E-state index is 12.8. The lowest BCUT2D eigenvalue weighted by Crippen LogP contribution is -2.40. The van der Waals surface area contributed by atoms with Crippen LogP contribution in [0.3, 0.4) is 0 Å². The Labute approximate surface area is 152 Å². The van der Waals surface area contributed by atoms with Gasteiger partial charge in [-0.1, -0.05) is 40.7 Å². The van der Waals surface area contributed by atoms with Crippen LogP contribution < -0.4 is 4.74 Å². The molecule has 25 heavy (non-hydrogen) atoms. The average Bonchev–Trinajstić information content (AvgIpc) is 2.73. The minimum atomic E-state index is 0.138. The van der Waals surface area contributed by atoms with Crippen molar-refractivity contribution in [2.45, 2.75) is 72.8 Å². The van der Waals surface area contributed by atoms with Crippen LogP contribution >= 0.6 is 0 Å². The standard InChI is InChI=1S/C22H33NO2/c1-15(2)17-7-16(3)8-19(9-17)25-12-20(24)23-14-22(6)11-18(23)10-21(4,5)13-22/h7-9,15,18H,10-14H2,1-6H3/t18-,22-/m1/s1. The van der Waals surface area contributed by atoms with E-state index in [4.69, 9.17) is 4.74 Å². The Hall–Kier alpha value is -1.51. The number of carbonyl (C=O) groups is 1. The van der Waals surface area contributed by atoms with E-state index in [1.165, 1.54) is 17.5 Å². The van der Waals surface area contributed by atoms with Crippen molar-refractivity contribution in [2.75, 3.05) is 13.2 Å². The highest BCUT2D eigenvalue weighted by Gasteiger charge is 2.50. The first-order valence-electron chi connectivity index (χ1n) is 9.61. The molecule has 0 N–H and O–H groups in total. The lowest BCUT2D eigenvalue weighted by molar-refractivity contribution is -0.134. The van der Waals surface area contributed by atoms with E-state index in [0.29, 0.717) is 17.4 Å². The van der Waals surface area contributed by atoms with Gasteiger partial charge in [0.25, 0.3) is 5.91 Å². The van der Waals surface area contributed by atoms with Crippen LogP contribution in [0.1, 0.15) is 70.9 Å². The third kappa shape index (κ3) is 4.02. The first-order chi connectivity index (χ1) is 11.6. The van der Waals surface area contributed by atoms with Gasteiger partial charge in [0.2, 0.25) is 0 Å². The van der Waals surface area contributed by atoms with Crippen molar-refractivity contribution < 1.29 is 9.53 Å². The molecule has 1 aromatic carbocycles. The molecule has 1 saturated heterocycles. The summed E-state index contributed by atoms with van der Waals surface area (Å²) in [5.41, 5.74) is 3.04. The molecule has 2 bridgehead atoms. The van der Waals surface area contributed by atoms with Gasteiger partial charge in [0, 0.05) is 12.6 Å². The Morgan fingerprint density at radius 3 is 2.64 bits per heavy atom. The molecule has 138 valence electrons. The van der Waals surface area contributed by atoms with E-state index in [2.05, 4.69) is 58.6 Å². The zero-order valence-corrected chi connectivity index (χ0v) is 16.7. The third-order valence-electron chi connectivity index (χ3n) is 5.84. The van der Waals surface area contributed by atoms with Crippen molar-refractivity contribution in [1.29, 1.82) is 0 Å². The van der Waals surface area contributed by atoms with Gasteiger partial charge in [0.15, 0.2) is 6.61 Å². The van der Waals surface area contributed by atoms with Gasteiger partial charge in [-0.3, -0.25) is 4.79 Å². The smallest absolute Gasteiger partial charge is 0.260 e. The van der Waals surface area contributed by atoms with E-state index < -0.39 is 0 Å². The number of rotatable bonds is 4. The van der Waals surface area contributed by atoms with E-state index in [9.17, 15) is 4.79 Å². The van der Waals surface area contributed by atoms with Crippen molar-refractivity contribution in [3.63, 3.8) is 0 Å². The summed E-state index contributed by atoms with van der Waals surface area (Å²) in [6, 6.07) is 6.66. The molecule has 1 amide bonds. The molecule has 0 aromatic heterocycles. The number of ether oxygens (including phenoxy) is 1. The SMILES string of the molecule is Cc1cc(OCC(=O)N2C[C@]3(C)C[C@H]2CC(C)(C)C3)cc(C(C)C)c1. The maximum atomic E-state index is 12.8. The normalized spacial score (nSPS) is 27.6. The molecule has 1 saturated carbocycles. The van der Waals surface area contributed by atoms with E-state index in [-0.39, 0.29) is 17.9 Å². The minimum absolute atomic E-state index is 0.138. The highest BCUT2D eigenvalue weighted by molar-refractivity contribution is 5.78. The van der Waals surface area contributed by atoms with E-state index in [0.717, 1.165) is 25.1 Å². The number of hydrogen-bond acceptors (Lipinski definition) is 2. The number of nitrogens with zero attached hydrogens (tertiary/aromatic N) is 1. The van der Waals surface area contributed by atoms with Crippen LogP contribution in [0.4, 0.5) is 0 Å². The third-order valence-corrected chi connectivity index (χ3v) is 5.84. The van der Waals surface area contributed by atoms with Crippen LogP contribution in [0.2, 0.25) is 0 Å². The summed E-state index contributed by atoms with van der Waals surface area (Å²) >= 11 is 0. The molecule has 2 atom stereocenters. The summed E-state index contributed by atoms with van der Waals surface area (Å²) in [6.45, 7) is 14.5. The van der Waals surface area contributed by atoms with Gasteiger partial charge in [-0.25, -0.2) is 0 Å². The van der Waals surface area contributed by atoms with Gasteiger partial charge in [-0.15, -0.1) is 0 Å². The Morgan fingerprint density at radius 2 is 1.96 bits per heavy atom. The number of carbonyl (C=O) groups excluding carboxylic acids is 1. The number of fused-ring (bicyclic) bond motifs is 2. The fraction of sp³-hybridized carbons (Fsp3) is 0.682. The molecule has 3 rings (SSSR count).